The number of rotatable bonds is 4. The first-order valence-electron chi connectivity index (χ1n) is 10.1. The van der Waals surface area contributed by atoms with Gasteiger partial charge in [0.15, 0.2) is 0 Å². The Labute approximate surface area is 174 Å². The molecule has 2 aliphatic rings. The molecule has 6 nitrogen and oxygen atoms in total. The molecular formula is C24H22N4O2. The van der Waals surface area contributed by atoms with Crippen molar-refractivity contribution in [1.82, 2.24) is 4.98 Å². The Bertz CT molecular complexity index is 1140. The highest BCUT2D eigenvalue weighted by Crippen LogP contribution is 2.36. The number of nitrogens with one attached hydrogen (secondary N) is 2. The Kier molecular flexibility index (Phi) is 4.62. The molecule has 0 amide bonds. The molecule has 0 unspecified atom stereocenters. The number of fused-ring (bicyclic) bond motifs is 2. The summed E-state index contributed by atoms with van der Waals surface area (Å²) >= 11 is 0. The third kappa shape index (κ3) is 3.18. The zero-order chi connectivity index (χ0) is 20.7. The zero-order valence-corrected chi connectivity index (χ0v) is 16.3. The Morgan fingerprint density at radius 3 is 1.97 bits per heavy atom. The number of aliphatic hydroxyl groups excluding tert-OH is 2. The number of hydrogen-bond acceptors (Lipinski definition) is 6. The molecule has 5 rings (SSSR count). The van der Waals surface area contributed by atoms with Crippen LogP contribution >= 0.6 is 0 Å². The van der Waals surface area contributed by atoms with Crippen LogP contribution in [0.4, 0.5) is 11.6 Å². The monoisotopic (exact) mass is 398 g/mol. The number of aliphatic hydroxyl groups is 2. The molecule has 0 spiro atoms. The lowest BCUT2D eigenvalue weighted by Crippen LogP contribution is -2.24. The molecule has 0 fully saturated rings. The topological polar surface area (TPSA) is 101 Å². The van der Waals surface area contributed by atoms with Crippen molar-refractivity contribution in [3.63, 3.8) is 0 Å². The van der Waals surface area contributed by atoms with Gasteiger partial charge in [0.05, 0.1) is 29.9 Å². The third-order valence-electron chi connectivity index (χ3n) is 6.02. The van der Waals surface area contributed by atoms with Gasteiger partial charge in [-0.2, -0.15) is 5.26 Å². The molecule has 150 valence electrons. The van der Waals surface area contributed by atoms with Crippen molar-refractivity contribution in [2.45, 2.75) is 37.1 Å². The first-order chi connectivity index (χ1) is 14.6. The van der Waals surface area contributed by atoms with Crippen molar-refractivity contribution in [2.24, 2.45) is 0 Å². The van der Waals surface area contributed by atoms with E-state index in [4.69, 9.17) is 0 Å². The maximum Gasteiger partial charge on any atom is 0.146 e. The van der Waals surface area contributed by atoms with E-state index in [1.165, 1.54) is 0 Å². The summed E-state index contributed by atoms with van der Waals surface area (Å²) in [4.78, 5) is 4.62. The van der Waals surface area contributed by atoms with Crippen LogP contribution in [0, 0.1) is 11.3 Å². The van der Waals surface area contributed by atoms with Crippen LogP contribution in [-0.2, 0) is 12.8 Å². The predicted octanol–water partition coefficient (Wildman–Crippen LogP) is 3.09. The maximum absolute atomic E-state index is 10.6. The van der Waals surface area contributed by atoms with Gasteiger partial charge in [-0.05, 0) is 34.4 Å². The molecule has 3 aromatic rings. The molecule has 0 radical (unpaired) electrons. The number of aromatic nitrogens is 1. The van der Waals surface area contributed by atoms with Gasteiger partial charge in [0, 0.05) is 12.8 Å². The lowest BCUT2D eigenvalue weighted by molar-refractivity contribution is 0.165. The highest BCUT2D eigenvalue weighted by atomic mass is 16.3. The highest BCUT2D eigenvalue weighted by Gasteiger charge is 2.33. The van der Waals surface area contributed by atoms with E-state index in [1.807, 2.05) is 48.5 Å². The first kappa shape index (κ1) is 18.6. The molecule has 0 saturated heterocycles. The predicted molar refractivity (Wildman–Crippen MR) is 114 cm³/mol. The maximum atomic E-state index is 10.6. The quantitative estimate of drug-likeness (QED) is 0.539. The molecule has 0 aliphatic heterocycles. The average molecular weight is 398 g/mol. The molecule has 0 bridgehead atoms. The van der Waals surface area contributed by atoms with Crippen molar-refractivity contribution in [2.75, 3.05) is 10.6 Å². The van der Waals surface area contributed by atoms with E-state index in [9.17, 15) is 15.5 Å². The molecular weight excluding hydrogens is 376 g/mol. The van der Waals surface area contributed by atoms with E-state index < -0.39 is 12.2 Å². The van der Waals surface area contributed by atoms with Crippen LogP contribution in [0.5, 0.6) is 0 Å². The second-order valence-corrected chi connectivity index (χ2v) is 7.89. The number of hydrogen-bond donors (Lipinski definition) is 4. The summed E-state index contributed by atoms with van der Waals surface area (Å²) in [7, 11) is 0. The summed E-state index contributed by atoms with van der Waals surface area (Å²) in [5, 5.41) is 37.2. The largest absolute Gasteiger partial charge is 0.390 e. The van der Waals surface area contributed by atoms with E-state index >= 15 is 0 Å². The second-order valence-electron chi connectivity index (χ2n) is 7.89. The normalized spacial score (nSPS) is 24.0. The average Bonchev–Trinajstić information content (AvgIpc) is 3.24. The van der Waals surface area contributed by atoms with Crippen molar-refractivity contribution in [3.8, 4) is 6.07 Å². The lowest BCUT2D eigenvalue weighted by atomic mass is 10.1. The Morgan fingerprint density at radius 2 is 1.37 bits per heavy atom. The Balaban J connectivity index is 1.43. The number of benzene rings is 2. The third-order valence-corrected chi connectivity index (χ3v) is 6.02. The molecule has 1 heterocycles. The fraction of sp³-hybridized carbons (Fsp3) is 0.250. The lowest BCUT2D eigenvalue weighted by Gasteiger charge is -2.22. The van der Waals surface area contributed by atoms with Gasteiger partial charge in [-0.15, -0.1) is 0 Å². The van der Waals surface area contributed by atoms with Gasteiger partial charge in [-0.25, -0.2) is 4.98 Å². The number of pyridine rings is 1. The van der Waals surface area contributed by atoms with Gasteiger partial charge in [0.25, 0.3) is 0 Å². The van der Waals surface area contributed by atoms with Crippen LogP contribution in [0.1, 0.15) is 39.9 Å². The van der Waals surface area contributed by atoms with Crippen LogP contribution in [-0.4, -0.2) is 27.4 Å². The summed E-state index contributed by atoms with van der Waals surface area (Å²) in [6, 6.07) is 20.9. The van der Waals surface area contributed by atoms with Crippen molar-refractivity contribution < 1.29 is 10.2 Å². The molecule has 2 aromatic carbocycles. The number of anilines is 2. The Hall–Kier alpha value is -3.40. The van der Waals surface area contributed by atoms with Crippen molar-refractivity contribution >= 4 is 11.6 Å². The summed E-state index contributed by atoms with van der Waals surface area (Å²) in [5.74, 6) is 0.988. The van der Waals surface area contributed by atoms with Gasteiger partial charge in [-0.3, -0.25) is 0 Å². The number of nitrogens with zero attached hydrogens (tertiary/aromatic N) is 2. The fourth-order valence-corrected chi connectivity index (χ4v) is 4.54. The summed E-state index contributed by atoms with van der Waals surface area (Å²) < 4.78 is 0. The molecule has 1 aromatic heterocycles. The van der Waals surface area contributed by atoms with Crippen LogP contribution < -0.4 is 10.6 Å². The van der Waals surface area contributed by atoms with E-state index in [0.29, 0.717) is 30.0 Å². The van der Waals surface area contributed by atoms with Crippen molar-refractivity contribution in [1.29, 1.82) is 5.26 Å². The molecule has 2 aliphatic carbocycles. The minimum Gasteiger partial charge on any atom is -0.390 e. The highest BCUT2D eigenvalue weighted by molar-refractivity contribution is 5.59. The van der Waals surface area contributed by atoms with Crippen LogP contribution in [0.15, 0.2) is 60.7 Å². The standard InChI is InChI=1S/C24H22N4O2/c25-13-16-9-10-21(26-22-17-7-3-1-5-14(17)11-19(22)29)27-24(16)28-23-18-8-4-2-6-15(18)12-20(23)30/h1-10,19-20,22-23,29-30H,11-12H2,(H2,26,27,28)/t19-,20-,22+,23+/m1/s1. The zero-order valence-electron chi connectivity index (χ0n) is 16.3. The van der Waals surface area contributed by atoms with Gasteiger partial charge in [0.1, 0.15) is 17.7 Å². The van der Waals surface area contributed by atoms with Crippen LogP contribution in [0.25, 0.3) is 0 Å². The van der Waals surface area contributed by atoms with Crippen LogP contribution in [0.3, 0.4) is 0 Å². The van der Waals surface area contributed by atoms with Gasteiger partial charge < -0.3 is 20.8 Å². The fourth-order valence-electron chi connectivity index (χ4n) is 4.54. The van der Waals surface area contributed by atoms with E-state index in [0.717, 1.165) is 22.3 Å². The number of nitriles is 1. The first-order valence-corrected chi connectivity index (χ1v) is 10.1. The van der Waals surface area contributed by atoms with Gasteiger partial charge >= 0.3 is 0 Å². The minimum absolute atomic E-state index is 0.257. The van der Waals surface area contributed by atoms with Crippen molar-refractivity contribution in [3.05, 3.63) is 88.5 Å². The second kappa shape index (κ2) is 7.45. The SMILES string of the molecule is N#Cc1ccc(N[C@H]2c3ccccc3C[C@H]2O)nc1N[C@H]1c2ccccc2C[C@H]1O. The van der Waals surface area contributed by atoms with Gasteiger partial charge in [-0.1, -0.05) is 48.5 Å². The molecule has 4 atom stereocenters. The molecule has 30 heavy (non-hydrogen) atoms. The molecule has 0 saturated carbocycles. The summed E-state index contributed by atoms with van der Waals surface area (Å²) in [6.45, 7) is 0. The Morgan fingerprint density at radius 1 is 0.800 bits per heavy atom. The van der Waals surface area contributed by atoms with E-state index in [1.54, 1.807) is 12.1 Å². The smallest absolute Gasteiger partial charge is 0.146 e. The molecule has 4 N–H and O–H groups in total. The summed E-state index contributed by atoms with van der Waals surface area (Å²) in [6.07, 6.45) is 0.0367. The van der Waals surface area contributed by atoms with Gasteiger partial charge in [0.2, 0.25) is 0 Å². The summed E-state index contributed by atoms with van der Waals surface area (Å²) in [5.41, 5.74) is 4.71. The van der Waals surface area contributed by atoms with E-state index in [-0.39, 0.29) is 12.1 Å². The minimum atomic E-state index is -0.587. The van der Waals surface area contributed by atoms with E-state index in [2.05, 4.69) is 21.7 Å². The van der Waals surface area contributed by atoms with Crippen LogP contribution in [0.2, 0.25) is 0 Å². The molecule has 6 heteroatoms.